The van der Waals surface area contributed by atoms with Gasteiger partial charge in [0.25, 0.3) is 0 Å². The summed E-state index contributed by atoms with van der Waals surface area (Å²) in [5.41, 5.74) is 20.0. The first-order valence-electron chi connectivity index (χ1n) is 16.4. The maximum absolute atomic E-state index is 5.99. The van der Waals surface area contributed by atoms with Crippen molar-refractivity contribution in [3.63, 3.8) is 0 Å². The molecule has 2 nitrogen and oxygen atoms in total. The van der Waals surface area contributed by atoms with Crippen LogP contribution >= 0.6 is 0 Å². The number of hydrogen-bond acceptors (Lipinski definition) is 1. The van der Waals surface area contributed by atoms with Crippen molar-refractivity contribution >= 4 is 38.3 Å². The lowest BCUT2D eigenvalue weighted by Gasteiger charge is -2.14. The van der Waals surface area contributed by atoms with Gasteiger partial charge in [-0.2, -0.15) is 0 Å². The molecule has 0 bridgehead atoms. The van der Waals surface area contributed by atoms with Crippen LogP contribution in [0.15, 0.2) is 182 Å². The summed E-state index contributed by atoms with van der Waals surface area (Å²) in [5.74, 6) is 0. The second-order valence-electron chi connectivity index (χ2n) is 12.4. The van der Waals surface area contributed by atoms with Crippen LogP contribution in [0.1, 0.15) is 0 Å². The second kappa shape index (κ2) is 11.5. The molecule has 226 valence electrons. The molecule has 2 heteroatoms. The van der Waals surface area contributed by atoms with E-state index in [-0.39, 0.29) is 0 Å². The molecule has 0 amide bonds. The number of aromatic nitrogens is 1. The van der Waals surface area contributed by atoms with Gasteiger partial charge in [-0.05, 0) is 86.3 Å². The smallest absolute Gasteiger partial charge is 0.0619 e. The summed E-state index contributed by atoms with van der Waals surface area (Å²) >= 11 is 0. The van der Waals surface area contributed by atoms with E-state index in [1.807, 2.05) is 12.1 Å². The Bertz CT molecular complexity index is 2580. The molecule has 9 rings (SSSR count). The van der Waals surface area contributed by atoms with Gasteiger partial charge in [0, 0.05) is 27.5 Å². The Morgan fingerprint density at radius 2 is 0.812 bits per heavy atom. The first kappa shape index (κ1) is 27.9. The molecule has 0 radical (unpaired) electrons. The fourth-order valence-electron chi connectivity index (χ4n) is 7.24. The molecule has 0 aliphatic heterocycles. The average Bonchev–Trinajstić information content (AvgIpc) is 3.50. The maximum atomic E-state index is 5.99. The fourth-order valence-corrected chi connectivity index (χ4v) is 7.24. The van der Waals surface area contributed by atoms with Crippen molar-refractivity contribution < 1.29 is 0 Å². The molecular formula is C46H32N2. The van der Waals surface area contributed by atoms with Crippen LogP contribution < -0.4 is 5.73 Å². The lowest BCUT2D eigenvalue weighted by atomic mass is 9.91. The number of nitrogens with two attached hydrogens (primary N) is 1. The maximum Gasteiger partial charge on any atom is 0.0619 e. The van der Waals surface area contributed by atoms with Crippen molar-refractivity contribution in [1.82, 2.24) is 4.57 Å². The Morgan fingerprint density at radius 3 is 1.48 bits per heavy atom. The van der Waals surface area contributed by atoms with Gasteiger partial charge >= 0.3 is 0 Å². The highest BCUT2D eigenvalue weighted by Gasteiger charge is 2.18. The van der Waals surface area contributed by atoms with Gasteiger partial charge in [-0.1, -0.05) is 146 Å². The van der Waals surface area contributed by atoms with E-state index in [2.05, 4.69) is 174 Å². The Kier molecular flexibility index (Phi) is 6.65. The first-order chi connectivity index (χ1) is 23.7. The van der Waals surface area contributed by atoms with Gasteiger partial charge in [-0.3, -0.25) is 0 Å². The van der Waals surface area contributed by atoms with E-state index in [0.29, 0.717) is 0 Å². The molecule has 0 spiro atoms. The molecule has 1 aromatic heterocycles. The van der Waals surface area contributed by atoms with Gasteiger partial charge < -0.3 is 10.3 Å². The summed E-state index contributed by atoms with van der Waals surface area (Å²) in [6.45, 7) is 0. The SMILES string of the molecule is Nc1ccc(-c2ccccc2-c2ccc(-c3cc4c5ccccc5n(-c5ccc(-c6ccccc6)cc5)c4c4ccccc34)cc2)cc1. The third kappa shape index (κ3) is 4.66. The molecule has 0 fully saturated rings. The summed E-state index contributed by atoms with van der Waals surface area (Å²) in [6.07, 6.45) is 0. The Morgan fingerprint density at radius 1 is 0.333 bits per heavy atom. The molecule has 9 aromatic rings. The van der Waals surface area contributed by atoms with E-state index < -0.39 is 0 Å². The van der Waals surface area contributed by atoms with Crippen LogP contribution in [0.4, 0.5) is 5.69 Å². The number of nitrogens with zero attached hydrogens (tertiary/aromatic N) is 1. The van der Waals surface area contributed by atoms with E-state index >= 15 is 0 Å². The summed E-state index contributed by atoms with van der Waals surface area (Å²) < 4.78 is 2.43. The molecule has 1 heterocycles. The normalized spacial score (nSPS) is 11.4. The molecule has 0 saturated carbocycles. The van der Waals surface area contributed by atoms with Gasteiger partial charge in [0.1, 0.15) is 0 Å². The van der Waals surface area contributed by atoms with Crippen LogP contribution in [0, 0.1) is 0 Å². The Hall–Kier alpha value is -6.38. The van der Waals surface area contributed by atoms with Crippen molar-refractivity contribution in [2.45, 2.75) is 0 Å². The van der Waals surface area contributed by atoms with Crippen molar-refractivity contribution in [1.29, 1.82) is 0 Å². The predicted molar refractivity (Wildman–Crippen MR) is 204 cm³/mol. The molecule has 2 N–H and O–H groups in total. The van der Waals surface area contributed by atoms with Crippen LogP contribution in [-0.2, 0) is 0 Å². The standard InChI is InChI=1S/C46H32N2/c47-36-26-22-34(23-27-36)39-13-5-4-12-38(39)33-18-20-35(21-19-33)43-30-44-41-15-8-9-17-45(41)48(46(44)42-16-7-6-14-40(42)43)37-28-24-32(25-29-37)31-10-2-1-3-11-31/h1-30H,47H2. The number of benzene rings is 8. The highest BCUT2D eigenvalue weighted by atomic mass is 15.0. The minimum atomic E-state index is 0.772. The molecule has 0 saturated heterocycles. The van der Waals surface area contributed by atoms with Crippen molar-refractivity contribution in [3.05, 3.63) is 182 Å². The van der Waals surface area contributed by atoms with Crippen LogP contribution in [0.3, 0.4) is 0 Å². The first-order valence-corrected chi connectivity index (χ1v) is 16.4. The minimum Gasteiger partial charge on any atom is -0.399 e. The van der Waals surface area contributed by atoms with Gasteiger partial charge in [-0.15, -0.1) is 0 Å². The van der Waals surface area contributed by atoms with Gasteiger partial charge in [0.15, 0.2) is 0 Å². The molecule has 8 aromatic carbocycles. The topological polar surface area (TPSA) is 30.9 Å². The Labute approximate surface area is 280 Å². The van der Waals surface area contributed by atoms with Crippen LogP contribution in [0.25, 0.3) is 82.8 Å². The monoisotopic (exact) mass is 612 g/mol. The molecule has 0 unspecified atom stereocenters. The zero-order valence-corrected chi connectivity index (χ0v) is 26.3. The van der Waals surface area contributed by atoms with E-state index in [4.69, 9.17) is 5.73 Å². The van der Waals surface area contributed by atoms with Crippen molar-refractivity contribution in [2.24, 2.45) is 0 Å². The lowest BCUT2D eigenvalue weighted by molar-refractivity contribution is 1.19. The number of fused-ring (bicyclic) bond motifs is 5. The van der Waals surface area contributed by atoms with Crippen molar-refractivity contribution in [3.8, 4) is 50.2 Å². The van der Waals surface area contributed by atoms with E-state index in [1.165, 1.54) is 71.5 Å². The molecular weight excluding hydrogens is 581 g/mol. The number of nitrogen functional groups attached to an aromatic ring is 1. The summed E-state index contributed by atoms with van der Waals surface area (Å²) in [5, 5.41) is 4.99. The van der Waals surface area contributed by atoms with Crippen LogP contribution in [-0.4, -0.2) is 4.57 Å². The summed E-state index contributed by atoms with van der Waals surface area (Å²) in [7, 11) is 0. The van der Waals surface area contributed by atoms with Gasteiger partial charge in [0.2, 0.25) is 0 Å². The van der Waals surface area contributed by atoms with Crippen LogP contribution in [0.2, 0.25) is 0 Å². The number of hydrogen-bond donors (Lipinski definition) is 1. The third-order valence-corrected chi connectivity index (χ3v) is 9.56. The number of rotatable bonds is 5. The zero-order valence-electron chi connectivity index (χ0n) is 26.3. The largest absolute Gasteiger partial charge is 0.399 e. The number of anilines is 1. The minimum absolute atomic E-state index is 0.772. The fraction of sp³-hybridized carbons (Fsp3) is 0. The van der Waals surface area contributed by atoms with Gasteiger partial charge in [-0.25, -0.2) is 0 Å². The summed E-state index contributed by atoms with van der Waals surface area (Å²) in [6, 6.07) is 65.3. The molecule has 0 aliphatic carbocycles. The summed E-state index contributed by atoms with van der Waals surface area (Å²) in [4.78, 5) is 0. The van der Waals surface area contributed by atoms with E-state index in [9.17, 15) is 0 Å². The number of para-hydroxylation sites is 1. The lowest BCUT2D eigenvalue weighted by Crippen LogP contribution is -1.95. The van der Waals surface area contributed by atoms with Crippen LogP contribution in [0.5, 0.6) is 0 Å². The zero-order chi connectivity index (χ0) is 32.0. The van der Waals surface area contributed by atoms with Gasteiger partial charge in [0.05, 0.1) is 11.0 Å². The Balaban J connectivity index is 1.20. The second-order valence-corrected chi connectivity index (χ2v) is 12.4. The quantitative estimate of drug-likeness (QED) is 0.193. The van der Waals surface area contributed by atoms with E-state index in [1.54, 1.807) is 0 Å². The third-order valence-electron chi connectivity index (χ3n) is 9.56. The molecule has 0 aliphatic rings. The predicted octanol–water partition coefficient (Wildman–Crippen LogP) is 12.2. The van der Waals surface area contributed by atoms with E-state index in [0.717, 1.165) is 16.9 Å². The molecule has 0 atom stereocenters. The highest BCUT2D eigenvalue weighted by Crippen LogP contribution is 2.42. The average molecular weight is 613 g/mol. The highest BCUT2D eigenvalue weighted by molar-refractivity contribution is 6.22. The molecule has 48 heavy (non-hydrogen) atoms. The van der Waals surface area contributed by atoms with Crippen molar-refractivity contribution in [2.75, 3.05) is 5.73 Å².